The number of thiophene rings is 1. The van der Waals surface area contributed by atoms with Gasteiger partial charge in [0.15, 0.2) is 5.82 Å². The number of hydrogen-bond donors (Lipinski definition) is 0. The molecular weight excluding hydrogens is 627 g/mol. The van der Waals surface area contributed by atoms with E-state index in [0.717, 1.165) is 44.4 Å². The second-order valence-corrected chi connectivity index (χ2v) is 14.0. The third-order valence-electron chi connectivity index (χ3n) is 10.2. The Bertz CT molecular complexity index is 3140. The highest BCUT2D eigenvalue weighted by molar-refractivity contribution is 7.27. The molecule has 0 spiro atoms. The summed E-state index contributed by atoms with van der Waals surface area (Å²) in [5.74, 6) is 0.835. The van der Waals surface area contributed by atoms with Crippen molar-refractivity contribution >= 4 is 85.9 Å². The number of fused-ring (bicyclic) bond motifs is 13. The molecule has 0 aliphatic carbocycles. The highest BCUT2D eigenvalue weighted by Gasteiger charge is 2.25. The van der Waals surface area contributed by atoms with Gasteiger partial charge >= 0.3 is 0 Å². The van der Waals surface area contributed by atoms with Crippen molar-refractivity contribution in [2.24, 2.45) is 0 Å². The van der Waals surface area contributed by atoms with Crippen LogP contribution in [0.4, 0.5) is 0 Å². The van der Waals surface area contributed by atoms with Gasteiger partial charge < -0.3 is 0 Å². The summed E-state index contributed by atoms with van der Waals surface area (Å²) in [5, 5.41) is 9.83. The molecule has 4 heteroatoms. The quantitative estimate of drug-likeness (QED) is 0.178. The summed E-state index contributed by atoms with van der Waals surface area (Å²) in [5.41, 5.74) is 8.34. The Morgan fingerprint density at radius 1 is 0.440 bits per heavy atom. The number of benzene rings is 8. The minimum Gasteiger partial charge on any atom is -0.290 e. The minimum absolute atomic E-state index is 0.835. The lowest BCUT2D eigenvalue weighted by molar-refractivity contribution is 1.09. The van der Waals surface area contributed by atoms with Gasteiger partial charge in [-0.15, -0.1) is 11.3 Å². The topological polar surface area (TPSA) is 30.7 Å². The number of nitrogens with zero attached hydrogens (tertiary/aromatic N) is 3. The third kappa shape index (κ3) is 3.91. The first kappa shape index (κ1) is 27.6. The maximum absolute atomic E-state index is 5.65. The Labute approximate surface area is 291 Å². The first-order valence-corrected chi connectivity index (χ1v) is 17.7. The van der Waals surface area contributed by atoms with Crippen LogP contribution < -0.4 is 0 Å². The molecule has 0 bridgehead atoms. The number of aromatic nitrogens is 3. The molecule has 3 nitrogen and oxygen atoms in total. The molecule has 0 N–H and O–H groups in total. The van der Waals surface area contributed by atoms with Crippen LogP contribution in [-0.4, -0.2) is 14.5 Å². The van der Waals surface area contributed by atoms with Crippen molar-refractivity contribution in [2.45, 2.75) is 0 Å². The molecule has 0 fully saturated rings. The van der Waals surface area contributed by atoms with Gasteiger partial charge in [-0.25, -0.2) is 9.97 Å². The summed E-state index contributed by atoms with van der Waals surface area (Å²) in [6.45, 7) is 0. The van der Waals surface area contributed by atoms with E-state index in [1.165, 1.54) is 58.4 Å². The molecule has 3 aromatic heterocycles. The van der Waals surface area contributed by atoms with Gasteiger partial charge in [0.2, 0.25) is 0 Å². The average molecular weight is 654 g/mol. The van der Waals surface area contributed by atoms with Crippen LogP contribution in [0.3, 0.4) is 0 Å². The van der Waals surface area contributed by atoms with Crippen molar-refractivity contribution in [2.75, 3.05) is 0 Å². The van der Waals surface area contributed by atoms with Gasteiger partial charge in [-0.3, -0.25) is 4.57 Å². The van der Waals surface area contributed by atoms with E-state index in [2.05, 4.69) is 168 Å². The molecule has 11 aromatic rings. The Balaban J connectivity index is 1.33. The van der Waals surface area contributed by atoms with Crippen LogP contribution in [0.25, 0.3) is 103 Å². The van der Waals surface area contributed by atoms with Crippen LogP contribution in [0.5, 0.6) is 0 Å². The second kappa shape index (κ2) is 10.6. The molecule has 232 valence electrons. The summed E-state index contributed by atoms with van der Waals surface area (Å²) in [4.78, 5) is 11.1. The number of hydrogen-bond acceptors (Lipinski definition) is 3. The van der Waals surface area contributed by atoms with E-state index in [-0.39, 0.29) is 0 Å². The normalized spacial score (nSPS) is 12.0. The van der Waals surface area contributed by atoms with Gasteiger partial charge in [-0.2, -0.15) is 0 Å². The molecule has 3 heterocycles. The molecule has 0 amide bonds. The SMILES string of the molecule is c1ccc(-c2ccc(-c3nc4ccc5ccccc5c4nc3-n3c4ccccc4c4c5ccccc5c5c6ccccc6sc5c43)cc2)cc1. The Morgan fingerprint density at radius 2 is 1.06 bits per heavy atom. The smallest absolute Gasteiger partial charge is 0.165 e. The van der Waals surface area contributed by atoms with Crippen molar-refractivity contribution in [3.05, 3.63) is 164 Å². The Hall–Kier alpha value is -6.36. The zero-order valence-electron chi connectivity index (χ0n) is 26.8. The van der Waals surface area contributed by atoms with E-state index in [9.17, 15) is 0 Å². The average Bonchev–Trinajstić information content (AvgIpc) is 3.75. The highest BCUT2D eigenvalue weighted by Crippen LogP contribution is 2.48. The summed E-state index contributed by atoms with van der Waals surface area (Å²) < 4.78 is 4.95. The van der Waals surface area contributed by atoms with Crippen molar-refractivity contribution in [3.63, 3.8) is 0 Å². The highest BCUT2D eigenvalue weighted by atomic mass is 32.1. The fourth-order valence-corrected chi connectivity index (χ4v) is 9.19. The van der Waals surface area contributed by atoms with E-state index in [1.54, 1.807) is 0 Å². The third-order valence-corrected chi connectivity index (χ3v) is 11.3. The Kier molecular flexibility index (Phi) is 5.83. The molecule has 50 heavy (non-hydrogen) atoms. The lowest BCUT2D eigenvalue weighted by atomic mass is 9.99. The maximum atomic E-state index is 5.65. The second-order valence-electron chi connectivity index (χ2n) is 12.9. The van der Waals surface area contributed by atoms with Gasteiger partial charge in [0.05, 0.1) is 26.8 Å². The van der Waals surface area contributed by atoms with Crippen molar-refractivity contribution in [1.82, 2.24) is 14.5 Å². The lowest BCUT2D eigenvalue weighted by Crippen LogP contribution is -2.04. The summed E-state index contributed by atoms with van der Waals surface area (Å²) >= 11 is 1.87. The largest absolute Gasteiger partial charge is 0.290 e. The van der Waals surface area contributed by atoms with Gasteiger partial charge in [-0.1, -0.05) is 146 Å². The molecule has 0 unspecified atom stereocenters. The molecule has 0 aliphatic rings. The van der Waals surface area contributed by atoms with Gasteiger partial charge in [0, 0.05) is 37.2 Å². The molecule has 0 atom stereocenters. The van der Waals surface area contributed by atoms with Gasteiger partial charge in [0.25, 0.3) is 0 Å². The zero-order chi connectivity index (χ0) is 32.8. The fourth-order valence-electron chi connectivity index (χ4n) is 7.93. The minimum atomic E-state index is 0.835. The zero-order valence-corrected chi connectivity index (χ0v) is 27.7. The number of para-hydroxylation sites is 1. The molecule has 8 aromatic carbocycles. The first-order valence-electron chi connectivity index (χ1n) is 16.9. The van der Waals surface area contributed by atoms with Crippen molar-refractivity contribution in [3.8, 4) is 28.2 Å². The van der Waals surface area contributed by atoms with Crippen LogP contribution in [0, 0.1) is 0 Å². The van der Waals surface area contributed by atoms with Crippen LogP contribution >= 0.6 is 11.3 Å². The van der Waals surface area contributed by atoms with E-state index < -0.39 is 0 Å². The maximum Gasteiger partial charge on any atom is 0.165 e. The predicted molar refractivity (Wildman–Crippen MR) is 213 cm³/mol. The summed E-state index contributed by atoms with van der Waals surface area (Å²) in [6, 6.07) is 58.6. The molecular formula is C46H27N3S. The lowest BCUT2D eigenvalue weighted by Gasteiger charge is -2.15. The van der Waals surface area contributed by atoms with E-state index >= 15 is 0 Å². The molecule has 0 radical (unpaired) electrons. The van der Waals surface area contributed by atoms with Crippen LogP contribution in [-0.2, 0) is 0 Å². The monoisotopic (exact) mass is 653 g/mol. The van der Waals surface area contributed by atoms with Crippen LogP contribution in [0.15, 0.2) is 164 Å². The molecule has 11 rings (SSSR count). The predicted octanol–water partition coefficient (Wildman–Crippen LogP) is 12.7. The van der Waals surface area contributed by atoms with Gasteiger partial charge in [0.1, 0.15) is 5.69 Å². The van der Waals surface area contributed by atoms with Crippen LogP contribution in [0.2, 0.25) is 0 Å². The van der Waals surface area contributed by atoms with E-state index in [4.69, 9.17) is 9.97 Å². The van der Waals surface area contributed by atoms with Crippen LogP contribution in [0.1, 0.15) is 0 Å². The van der Waals surface area contributed by atoms with E-state index in [1.807, 2.05) is 11.3 Å². The molecule has 0 saturated heterocycles. The van der Waals surface area contributed by atoms with Gasteiger partial charge in [-0.05, 0) is 45.5 Å². The van der Waals surface area contributed by atoms with E-state index in [0.29, 0.717) is 0 Å². The first-order chi connectivity index (χ1) is 24.8. The Morgan fingerprint density at radius 3 is 1.88 bits per heavy atom. The molecule has 0 saturated carbocycles. The van der Waals surface area contributed by atoms with Crippen molar-refractivity contribution in [1.29, 1.82) is 0 Å². The summed E-state index contributed by atoms with van der Waals surface area (Å²) in [7, 11) is 0. The van der Waals surface area contributed by atoms with Crippen molar-refractivity contribution < 1.29 is 0 Å². The standard InChI is InChI=1S/C46H27N3S/c1-2-12-28(13-3-1)29-22-24-31(25-23-29)42-46(48-43-32-15-5-4-14-30(32)26-27-37(43)47-42)49-38-20-10-8-18-35(38)40-33-16-6-7-17-34(33)41-36-19-9-11-21-39(36)50-45(41)44(40)49/h1-27H. The fraction of sp³-hybridized carbons (Fsp3) is 0. The molecule has 0 aliphatic heterocycles. The summed E-state index contributed by atoms with van der Waals surface area (Å²) in [6.07, 6.45) is 0. The number of rotatable bonds is 3.